The van der Waals surface area contributed by atoms with Crippen LogP contribution in [0.15, 0.2) is 23.3 Å². The number of methoxy groups -OCH3 is 2. The predicted octanol–water partition coefficient (Wildman–Crippen LogP) is 5.37. The molecule has 0 radical (unpaired) electrons. The Balaban J connectivity index is 0.00000314. The largest absolute Gasteiger partial charge is 0.462 e. The molecule has 1 saturated carbocycles. The second-order valence-corrected chi connectivity index (χ2v) is 16.1. The maximum Gasteiger partial charge on any atom is 0.306 e. The number of nitrogens with one attached hydrogen (secondary N) is 1. The molecule has 0 aromatic carbocycles. The first kappa shape index (κ1) is 39.0. The molecule has 2 N–H and O–H groups in total. The first-order valence-electron chi connectivity index (χ1n) is 19.6. The highest BCUT2D eigenvalue weighted by Crippen LogP contribution is 2.56. The molecule has 3 saturated heterocycles. The van der Waals surface area contributed by atoms with E-state index in [0.717, 1.165) is 50.5 Å². The summed E-state index contributed by atoms with van der Waals surface area (Å²) in [5.74, 6) is -0.153. The van der Waals surface area contributed by atoms with E-state index in [1.54, 1.807) is 14.2 Å². The van der Waals surface area contributed by atoms with Gasteiger partial charge in [0.2, 0.25) is 0 Å². The van der Waals surface area contributed by atoms with Crippen molar-refractivity contribution >= 4 is 11.8 Å². The quantitative estimate of drug-likeness (QED) is 0.248. The Kier molecular flexibility index (Phi) is 12.8. The average Bonchev–Trinajstić information content (AvgIpc) is 3.68. The molecular weight excluding hydrogens is 654 g/mol. The van der Waals surface area contributed by atoms with E-state index in [4.69, 9.17) is 33.2 Å². The van der Waals surface area contributed by atoms with Crippen LogP contribution >= 0.6 is 0 Å². The van der Waals surface area contributed by atoms with Gasteiger partial charge in [-0.3, -0.25) is 9.59 Å². The van der Waals surface area contributed by atoms with Gasteiger partial charge >= 0.3 is 5.97 Å². The smallest absolute Gasteiger partial charge is 0.306 e. The maximum absolute atomic E-state index is 14.6. The molecule has 292 valence electrons. The van der Waals surface area contributed by atoms with Crippen LogP contribution in [-0.4, -0.2) is 106 Å². The molecule has 6 aliphatic rings. The van der Waals surface area contributed by atoms with Crippen molar-refractivity contribution in [2.75, 3.05) is 21.3 Å². The number of aliphatic hydroxyl groups excluding tert-OH is 1. The van der Waals surface area contributed by atoms with Crippen LogP contribution in [0.3, 0.4) is 0 Å². The maximum atomic E-state index is 14.6. The molecule has 0 spiro atoms. The van der Waals surface area contributed by atoms with E-state index in [0.29, 0.717) is 6.42 Å². The monoisotopic (exact) mass is 721 g/mol. The summed E-state index contributed by atoms with van der Waals surface area (Å²) in [6, 6.07) is 0.281. The molecule has 0 unspecified atom stereocenters. The van der Waals surface area contributed by atoms with Gasteiger partial charge in [0.1, 0.15) is 24.4 Å². The normalized spacial score (nSPS) is 46.5. The van der Waals surface area contributed by atoms with E-state index in [1.807, 2.05) is 20.9 Å². The van der Waals surface area contributed by atoms with Gasteiger partial charge in [-0.25, -0.2) is 0 Å². The van der Waals surface area contributed by atoms with Crippen molar-refractivity contribution in [2.45, 2.75) is 160 Å². The zero-order chi connectivity index (χ0) is 36.6. The molecule has 17 atom stereocenters. The second-order valence-electron chi connectivity index (χ2n) is 16.1. The number of esters is 1. The van der Waals surface area contributed by atoms with Crippen molar-refractivity contribution in [1.29, 1.82) is 0 Å². The highest BCUT2D eigenvalue weighted by Gasteiger charge is 2.53. The number of allylic oxidation sites excluding steroid dienone is 4. The van der Waals surface area contributed by atoms with Crippen LogP contribution in [0.25, 0.3) is 0 Å². The van der Waals surface area contributed by atoms with E-state index < -0.39 is 24.6 Å². The fourth-order valence-corrected chi connectivity index (χ4v) is 10.2. The Morgan fingerprint density at radius 2 is 1.69 bits per heavy atom. The lowest BCUT2D eigenvalue weighted by Gasteiger charge is -2.42. The van der Waals surface area contributed by atoms with Crippen molar-refractivity contribution in [3.8, 4) is 0 Å². The number of carbonyl (C=O) groups excluding carboxylic acids is 2. The van der Waals surface area contributed by atoms with Crippen LogP contribution in [-0.2, 0) is 42.7 Å². The van der Waals surface area contributed by atoms with Gasteiger partial charge in [-0.2, -0.15) is 0 Å². The number of cyclic esters (lactones) is 1. The molecule has 4 fully saturated rings. The van der Waals surface area contributed by atoms with Gasteiger partial charge in [0.25, 0.3) is 0 Å². The van der Waals surface area contributed by atoms with E-state index in [2.05, 4.69) is 38.2 Å². The summed E-state index contributed by atoms with van der Waals surface area (Å²) in [4.78, 5) is 28.2. The van der Waals surface area contributed by atoms with Crippen molar-refractivity contribution in [1.82, 2.24) is 5.32 Å². The minimum absolute atomic E-state index is 0. The minimum Gasteiger partial charge on any atom is -0.462 e. The number of hydrogen-bond donors (Lipinski definition) is 2. The van der Waals surface area contributed by atoms with Gasteiger partial charge in [-0.15, -0.1) is 0 Å². The van der Waals surface area contributed by atoms with Crippen LogP contribution in [0, 0.1) is 35.5 Å². The Hall–Kier alpha value is -1.70. The predicted molar refractivity (Wildman–Crippen MR) is 194 cm³/mol. The van der Waals surface area contributed by atoms with Crippen LogP contribution < -0.4 is 5.32 Å². The summed E-state index contributed by atoms with van der Waals surface area (Å²) in [7, 11) is 5.07. The number of Topliss-reactive ketones (excluding diaryl/α,β-unsaturated/α-hetero) is 1. The van der Waals surface area contributed by atoms with Crippen molar-refractivity contribution in [2.24, 2.45) is 35.5 Å². The summed E-state index contributed by atoms with van der Waals surface area (Å²) >= 11 is 0. The Morgan fingerprint density at radius 1 is 0.922 bits per heavy atom. The summed E-state index contributed by atoms with van der Waals surface area (Å²) in [5.41, 5.74) is 2.02. The Bertz CT molecular complexity index is 1300. The lowest BCUT2D eigenvalue weighted by Crippen LogP contribution is -2.59. The number of fused-ring (bicyclic) bond motifs is 5. The molecule has 3 heterocycles. The number of ketones is 1. The molecule has 0 amide bonds. The van der Waals surface area contributed by atoms with Gasteiger partial charge < -0.3 is 43.6 Å². The first-order valence-corrected chi connectivity index (χ1v) is 19.6. The highest BCUT2D eigenvalue weighted by atomic mass is 16.7. The molecule has 11 nitrogen and oxygen atoms in total. The molecule has 3 aliphatic heterocycles. The van der Waals surface area contributed by atoms with E-state index in [1.165, 1.54) is 5.57 Å². The summed E-state index contributed by atoms with van der Waals surface area (Å²) in [6.45, 7) is 10.2. The molecule has 6 rings (SSSR count). The van der Waals surface area contributed by atoms with Gasteiger partial charge in [-0.1, -0.05) is 31.6 Å². The zero-order valence-corrected chi connectivity index (χ0v) is 32.0. The molecule has 0 bridgehead atoms. The van der Waals surface area contributed by atoms with E-state index >= 15 is 0 Å². The third-order valence-corrected chi connectivity index (χ3v) is 13.2. The number of rotatable bonds is 8. The lowest BCUT2D eigenvalue weighted by atomic mass is 9.67. The van der Waals surface area contributed by atoms with Crippen LogP contribution in [0.4, 0.5) is 0 Å². The van der Waals surface area contributed by atoms with Gasteiger partial charge in [-0.05, 0) is 108 Å². The molecule has 3 aliphatic carbocycles. The number of hydrogen-bond acceptors (Lipinski definition) is 11. The summed E-state index contributed by atoms with van der Waals surface area (Å²) < 4.78 is 43.0. The molecule has 11 heteroatoms. The number of aliphatic hydroxyl groups is 1. The van der Waals surface area contributed by atoms with E-state index in [9.17, 15) is 14.7 Å². The van der Waals surface area contributed by atoms with Crippen LogP contribution in [0.1, 0.15) is 95.3 Å². The van der Waals surface area contributed by atoms with E-state index in [-0.39, 0.29) is 99.4 Å². The van der Waals surface area contributed by atoms with Gasteiger partial charge in [0, 0.05) is 35.0 Å². The lowest BCUT2D eigenvalue weighted by molar-refractivity contribution is -0.311. The highest BCUT2D eigenvalue weighted by molar-refractivity contribution is 5.99. The Labute approximate surface area is 307 Å². The molecule has 51 heavy (non-hydrogen) atoms. The van der Waals surface area contributed by atoms with Crippen LogP contribution in [0.5, 0.6) is 0 Å². The number of likely N-dealkylation sites (N-methyl/N-ethyl adjacent to an activating group) is 1. The minimum atomic E-state index is -0.883. The van der Waals surface area contributed by atoms with Crippen molar-refractivity contribution in [3.05, 3.63) is 23.3 Å². The standard InChI is InChI=1S/C40H63NO10.2H2/c1-9-24-11-10-12-33(51-35-14-13-32(41-6)22(4)47-35)21(3)36(43)31-18-29-27(30(31)19-34(42)49-24)15-20(2)26-16-25(17-28(26)29)50-40-39(46-8)37(44)38(45-7)23(5)48-40;;/h15,18,21-30,32-33,35,37-41,44H,9-14,16-17,19H2,1-8H3;2*1H/t21-,22-,23+,24+,25+,26+,27-,28-,29-,30+,32+,33+,35+,37-,38+,39-,40+;;/m1../s1. The first-order chi connectivity index (χ1) is 24.5. The van der Waals surface area contributed by atoms with Gasteiger partial charge in [0.05, 0.1) is 30.8 Å². The number of carbonyl (C=O) groups is 2. The fourth-order valence-electron chi connectivity index (χ4n) is 10.2. The molecule has 0 aromatic heterocycles. The third-order valence-electron chi connectivity index (χ3n) is 13.2. The summed E-state index contributed by atoms with van der Waals surface area (Å²) in [6.07, 6.45) is 6.95. The van der Waals surface area contributed by atoms with Crippen molar-refractivity contribution in [3.63, 3.8) is 0 Å². The Morgan fingerprint density at radius 3 is 2.37 bits per heavy atom. The molecular formula is C40H67NO10. The fraction of sp³-hybridized carbons (Fsp3) is 0.850. The van der Waals surface area contributed by atoms with Gasteiger partial charge in [0.15, 0.2) is 18.4 Å². The number of ether oxygens (including phenoxy) is 7. The second kappa shape index (κ2) is 16.8. The van der Waals surface area contributed by atoms with Crippen molar-refractivity contribution < 1.29 is 50.7 Å². The zero-order valence-electron chi connectivity index (χ0n) is 32.0. The molecule has 0 aromatic rings. The average molecular weight is 722 g/mol. The third kappa shape index (κ3) is 8.07. The van der Waals surface area contributed by atoms with Crippen LogP contribution in [0.2, 0.25) is 0 Å². The summed E-state index contributed by atoms with van der Waals surface area (Å²) in [5, 5.41) is 14.3. The topological polar surface area (TPSA) is 131 Å². The SMILES string of the molecule is CC[C@H]1CCC[C@H](O[C@H]2CC[C@H](NC)[C@@H](C)O2)[C@@H](C)C(=O)C2=C[C@@H]3[C@@H](C=C(C)[C@@H]4C[C@H](O[C@@H]5O[C@@H](C)[C@H](OC)[C@@H](O)[C@H]5OC)C[C@@H]34)[C@@H]2CC(=O)O1.[HH].[HH].